The van der Waals surface area contributed by atoms with Gasteiger partial charge in [-0.05, 0) is 19.1 Å². The molecule has 0 bridgehead atoms. The molecule has 1 N–H and O–H groups in total. The van der Waals surface area contributed by atoms with Gasteiger partial charge in [-0.3, -0.25) is 10.1 Å². The third-order valence-electron chi connectivity index (χ3n) is 2.48. The summed E-state index contributed by atoms with van der Waals surface area (Å²) in [5, 5.41) is 20.0. The lowest BCUT2D eigenvalue weighted by Gasteiger charge is -2.05. The van der Waals surface area contributed by atoms with Crippen molar-refractivity contribution in [1.29, 1.82) is 0 Å². The predicted octanol–water partition coefficient (Wildman–Crippen LogP) is 3.15. The predicted molar refractivity (Wildman–Crippen MR) is 73.2 cm³/mol. The number of aromatic carboxylic acids is 1. The minimum Gasteiger partial charge on any atom is -0.478 e. The second-order valence-corrected chi connectivity index (χ2v) is 5.09. The number of pyridine rings is 1. The van der Waals surface area contributed by atoms with Crippen LogP contribution in [0.1, 0.15) is 15.9 Å². The Labute approximate surface area is 118 Å². The van der Waals surface area contributed by atoms with Crippen molar-refractivity contribution in [2.45, 2.75) is 16.8 Å². The standard InChI is InChI=1S/C13H10N2O4S/c1-8-3-2-4-10(5-8)20-12-11(13(16)17)6-9(7-14-12)15(18)19/h2-7H,1H3,(H,16,17). The summed E-state index contributed by atoms with van der Waals surface area (Å²) in [4.78, 5) is 25.9. The second-order valence-electron chi connectivity index (χ2n) is 4.03. The molecule has 0 radical (unpaired) electrons. The fourth-order valence-corrected chi connectivity index (χ4v) is 2.54. The molecule has 2 aromatic rings. The van der Waals surface area contributed by atoms with Crippen LogP contribution in [0.3, 0.4) is 0 Å². The van der Waals surface area contributed by atoms with E-state index in [9.17, 15) is 14.9 Å². The largest absolute Gasteiger partial charge is 0.478 e. The first-order valence-electron chi connectivity index (χ1n) is 5.59. The zero-order chi connectivity index (χ0) is 14.7. The number of benzene rings is 1. The second kappa shape index (κ2) is 5.70. The van der Waals surface area contributed by atoms with Gasteiger partial charge in [-0.25, -0.2) is 9.78 Å². The Morgan fingerprint density at radius 3 is 2.75 bits per heavy atom. The molecule has 20 heavy (non-hydrogen) atoms. The van der Waals surface area contributed by atoms with Gasteiger partial charge in [-0.2, -0.15) is 0 Å². The summed E-state index contributed by atoms with van der Waals surface area (Å²) in [6.07, 6.45) is 1.06. The van der Waals surface area contributed by atoms with Crippen molar-refractivity contribution in [3.8, 4) is 0 Å². The van der Waals surface area contributed by atoms with Crippen molar-refractivity contribution in [2.75, 3.05) is 0 Å². The highest BCUT2D eigenvalue weighted by atomic mass is 32.2. The Morgan fingerprint density at radius 2 is 2.15 bits per heavy atom. The number of nitrogens with zero attached hydrogens (tertiary/aromatic N) is 2. The third-order valence-corrected chi connectivity index (χ3v) is 3.49. The SMILES string of the molecule is Cc1cccc(Sc2ncc([N+](=O)[O-])cc2C(=O)O)c1. The Kier molecular flexibility index (Phi) is 3.99. The summed E-state index contributed by atoms with van der Waals surface area (Å²) in [6, 6.07) is 8.51. The molecule has 0 saturated carbocycles. The van der Waals surface area contributed by atoms with Gasteiger partial charge in [0.15, 0.2) is 0 Å². The van der Waals surface area contributed by atoms with Gasteiger partial charge in [0.25, 0.3) is 5.69 Å². The highest BCUT2D eigenvalue weighted by molar-refractivity contribution is 7.99. The van der Waals surface area contributed by atoms with E-state index in [1.54, 1.807) is 0 Å². The van der Waals surface area contributed by atoms with Crippen LogP contribution in [0.15, 0.2) is 46.5 Å². The number of carbonyl (C=O) groups is 1. The number of hydrogen-bond donors (Lipinski definition) is 1. The van der Waals surface area contributed by atoms with Crippen LogP contribution < -0.4 is 0 Å². The Balaban J connectivity index is 2.41. The molecule has 0 aliphatic rings. The number of aromatic nitrogens is 1. The van der Waals surface area contributed by atoms with Crippen molar-refractivity contribution >= 4 is 23.4 Å². The third kappa shape index (κ3) is 3.12. The first-order valence-corrected chi connectivity index (χ1v) is 6.41. The van der Waals surface area contributed by atoms with Crippen LogP contribution in [-0.4, -0.2) is 21.0 Å². The Morgan fingerprint density at radius 1 is 1.40 bits per heavy atom. The molecule has 1 aromatic carbocycles. The molecule has 0 fully saturated rings. The zero-order valence-electron chi connectivity index (χ0n) is 10.4. The summed E-state index contributed by atoms with van der Waals surface area (Å²) in [5.74, 6) is -1.24. The molecule has 1 heterocycles. The normalized spacial score (nSPS) is 10.2. The lowest BCUT2D eigenvalue weighted by atomic mass is 10.2. The molecule has 0 aliphatic carbocycles. The maximum atomic E-state index is 11.2. The summed E-state index contributed by atoms with van der Waals surface area (Å²) < 4.78 is 0. The smallest absolute Gasteiger partial charge is 0.338 e. The van der Waals surface area contributed by atoms with E-state index in [1.165, 1.54) is 0 Å². The first kappa shape index (κ1) is 14.0. The van der Waals surface area contributed by atoms with Crippen molar-refractivity contribution in [1.82, 2.24) is 4.98 Å². The molecule has 102 valence electrons. The maximum Gasteiger partial charge on any atom is 0.338 e. The summed E-state index contributed by atoms with van der Waals surface area (Å²) >= 11 is 1.16. The number of carboxylic acid groups (broad SMARTS) is 1. The zero-order valence-corrected chi connectivity index (χ0v) is 11.3. The van der Waals surface area contributed by atoms with Gasteiger partial charge in [0, 0.05) is 11.0 Å². The topological polar surface area (TPSA) is 93.3 Å². The van der Waals surface area contributed by atoms with Gasteiger partial charge in [-0.1, -0.05) is 29.5 Å². The number of carboxylic acids is 1. The molecule has 0 amide bonds. The van der Waals surface area contributed by atoms with Crippen molar-refractivity contribution in [2.24, 2.45) is 0 Å². The van der Waals surface area contributed by atoms with E-state index in [1.807, 2.05) is 31.2 Å². The lowest BCUT2D eigenvalue weighted by Crippen LogP contribution is -2.02. The van der Waals surface area contributed by atoms with Gasteiger partial charge in [0.2, 0.25) is 0 Å². The number of nitro groups is 1. The van der Waals surface area contributed by atoms with E-state index in [0.29, 0.717) is 0 Å². The minimum absolute atomic E-state index is 0.175. The fraction of sp³-hybridized carbons (Fsp3) is 0.0769. The average Bonchev–Trinajstić information content (AvgIpc) is 2.38. The van der Waals surface area contributed by atoms with Crippen LogP contribution in [0.4, 0.5) is 5.69 Å². The first-order chi connectivity index (χ1) is 9.47. The minimum atomic E-state index is -1.24. The van der Waals surface area contributed by atoms with Gasteiger partial charge >= 0.3 is 5.97 Å². The molecule has 7 heteroatoms. The van der Waals surface area contributed by atoms with E-state index < -0.39 is 10.9 Å². The molecule has 0 aliphatic heterocycles. The van der Waals surface area contributed by atoms with Crippen molar-refractivity contribution < 1.29 is 14.8 Å². The van der Waals surface area contributed by atoms with E-state index in [4.69, 9.17) is 5.11 Å². The molecule has 1 aromatic heterocycles. The van der Waals surface area contributed by atoms with Gasteiger partial charge in [0.1, 0.15) is 11.2 Å². The van der Waals surface area contributed by atoms with Crippen LogP contribution in [0, 0.1) is 17.0 Å². The van der Waals surface area contributed by atoms with Gasteiger partial charge in [0.05, 0.1) is 10.5 Å². The molecular formula is C13H10N2O4S. The molecule has 0 atom stereocenters. The van der Waals surface area contributed by atoms with Gasteiger partial charge in [-0.15, -0.1) is 0 Å². The van der Waals surface area contributed by atoms with Crippen LogP contribution in [-0.2, 0) is 0 Å². The monoisotopic (exact) mass is 290 g/mol. The molecule has 2 rings (SSSR count). The van der Waals surface area contributed by atoms with E-state index >= 15 is 0 Å². The molecule has 0 unspecified atom stereocenters. The number of aryl methyl sites for hydroxylation is 1. The Bertz CT molecular complexity index is 688. The molecular weight excluding hydrogens is 280 g/mol. The summed E-state index contributed by atoms with van der Waals surface area (Å²) in [7, 11) is 0. The summed E-state index contributed by atoms with van der Waals surface area (Å²) in [6.45, 7) is 1.92. The quantitative estimate of drug-likeness (QED) is 0.686. The van der Waals surface area contributed by atoms with E-state index in [2.05, 4.69) is 4.98 Å². The van der Waals surface area contributed by atoms with Crippen LogP contribution in [0.2, 0.25) is 0 Å². The lowest BCUT2D eigenvalue weighted by molar-refractivity contribution is -0.385. The van der Waals surface area contributed by atoms with Crippen molar-refractivity contribution in [3.63, 3.8) is 0 Å². The Hall–Kier alpha value is -2.41. The molecule has 0 saturated heterocycles. The van der Waals surface area contributed by atoms with Crippen LogP contribution in [0.25, 0.3) is 0 Å². The van der Waals surface area contributed by atoms with E-state index in [0.717, 1.165) is 34.5 Å². The average molecular weight is 290 g/mol. The summed E-state index contributed by atoms with van der Waals surface area (Å²) in [5.41, 5.74) is 0.524. The number of hydrogen-bond acceptors (Lipinski definition) is 5. The number of rotatable bonds is 4. The van der Waals surface area contributed by atoms with Gasteiger partial charge < -0.3 is 5.11 Å². The van der Waals surface area contributed by atoms with Crippen LogP contribution in [0.5, 0.6) is 0 Å². The van der Waals surface area contributed by atoms with E-state index in [-0.39, 0.29) is 16.3 Å². The van der Waals surface area contributed by atoms with Crippen molar-refractivity contribution in [3.05, 3.63) is 57.8 Å². The molecule has 0 spiro atoms. The molecule has 6 nitrogen and oxygen atoms in total. The highest BCUT2D eigenvalue weighted by Gasteiger charge is 2.18. The fourth-order valence-electron chi connectivity index (χ4n) is 1.57. The van der Waals surface area contributed by atoms with Crippen LogP contribution >= 0.6 is 11.8 Å². The highest BCUT2D eigenvalue weighted by Crippen LogP contribution is 2.30. The maximum absolute atomic E-state index is 11.2.